The minimum absolute atomic E-state index is 0.109. The lowest BCUT2D eigenvalue weighted by molar-refractivity contribution is -0.0824. The van der Waals surface area contributed by atoms with Crippen molar-refractivity contribution in [2.45, 2.75) is 17.1 Å². The summed E-state index contributed by atoms with van der Waals surface area (Å²) in [6.07, 6.45) is -0.217. The molecule has 2 saturated heterocycles. The standard InChI is InChI=1S/C12H15FN2O3S/c13-9-1-3-12(4-2-9)19(16,17)15-7-10-5-14-6-11(8-15)18-10/h1-4,10-11,14H,5-8H2/t10-,11-/m1/s1. The molecular formula is C12H15FN2O3S. The van der Waals surface area contributed by atoms with E-state index in [0.29, 0.717) is 26.2 Å². The number of rotatable bonds is 2. The van der Waals surface area contributed by atoms with Gasteiger partial charge in [-0.2, -0.15) is 4.31 Å². The average Bonchev–Trinajstić information content (AvgIpc) is 2.38. The van der Waals surface area contributed by atoms with Gasteiger partial charge in [0.15, 0.2) is 0 Å². The van der Waals surface area contributed by atoms with Crippen molar-refractivity contribution in [3.63, 3.8) is 0 Å². The minimum Gasteiger partial charge on any atom is -0.370 e. The summed E-state index contributed by atoms with van der Waals surface area (Å²) in [6, 6.07) is 4.92. The second-order valence-corrected chi connectivity index (χ2v) is 6.75. The molecule has 1 N–H and O–H groups in total. The van der Waals surface area contributed by atoms with Gasteiger partial charge in [0.1, 0.15) is 5.82 Å². The molecule has 2 bridgehead atoms. The van der Waals surface area contributed by atoms with Crippen LogP contribution in [0.2, 0.25) is 0 Å². The molecule has 104 valence electrons. The summed E-state index contributed by atoms with van der Waals surface area (Å²) in [7, 11) is -3.56. The van der Waals surface area contributed by atoms with Gasteiger partial charge in [-0.3, -0.25) is 0 Å². The van der Waals surface area contributed by atoms with Gasteiger partial charge in [-0.05, 0) is 24.3 Å². The van der Waals surface area contributed by atoms with Crippen LogP contribution in [0.3, 0.4) is 0 Å². The summed E-state index contributed by atoms with van der Waals surface area (Å²) in [5, 5.41) is 3.21. The molecule has 0 aliphatic carbocycles. The zero-order valence-electron chi connectivity index (χ0n) is 10.3. The maximum Gasteiger partial charge on any atom is 0.243 e. The predicted molar refractivity (Wildman–Crippen MR) is 66.7 cm³/mol. The van der Waals surface area contributed by atoms with E-state index >= 15 is 0 Å². The molecule has 19 heavy (non-hydrogen) atoms. The van der Waals surface area contributed by atoms with E-state index in [1.165, 1.54) is 16.4 Å². The van der Waals surface area contributed by atoms with Crippen molar-refractivity contribution < 1.29 is 17.5 Å². The third-order valence-corrected chi connectivity index (χ3v) is 5.24. The molecule has 2 atom stereocenters. The van der Waals surface area contributed by atoms with Gasteiger partial charge < -0.3 is 10.1 Å². The van der Waals surface area contributed by atoms with E-state index in [-0.39, 0.29) is 17.1 Å². The Kier molecular flexibility index (Phi) is 3.30. The number of benzene rings is 1. The number of sulfonamides is 1. The highest BCUT2D eigenvalue weighted by atomic mass is 32.2. The van der Waals surface area contributed by atoms with Crippen molar-refractivity contribution in [2.24, 2.45) is 0 Å². The van der Waals surface area contributed by atoms with Gasteiger partial charge in [0.25, 0.3) is 0 Å². The highest BCUT2D eigenvalue weighted by Gasteiger charge is 2.37. The molecular weight excluding hydrogens is 271 g/mol. The number of nitrogens with one attached hydrogen (secondary N) is 1. The molecule has 2 heterocycles. The van der Waals surface area contributed by atoms with E-state index in [2.05, 4.69) is 5.32 Å². The molecule has 0 amide bonds. The van der Waals surface area contributed by atoms with Gasteiger partial charge in [-0.25, -0.2) is 12.8 Å². The molecule has 0 aromatic heterocycles. The van der Waals surface area contributed by atoms with Crippen molar-refractivity contribution in [3.05, 3.63) is 30.1 Å². The largest absolute Gasteiger partial charge is 0.370 e. The van der Waals surface area contributed by atoms with Crippen LogP contribution in [-0.2, 0) is 14.8 Å². The van der Waals surface area contributed by atoms with E-state index in [1.54, 1.807) is 0 Å². The number of halogens is 1. The molecule has 7 heteroatoms. The molecule has 0 saturated carbocycles. The summed E-state index contributed by atoms with van der Waals surface area (Å²) >= 11 is 0. The van der Waals surface area contributed by atoms with Gasteiger partial charge >= 0.3 is 0 Å². The van der Waals surface area contributed by atoms with Gasteiger partial charge in [-0.15, -0.1) is 0 Å². The first kappa shape index (κ1) is 13.0. The van der Waals surface area contributed by atoms with Crippen molar-refractivity contribution in [1.29, 1.82) is 0 Å². The second-order valence-electron chi connectivity index (χ2n) is 4.81. The quantitative estimate of drug-likeness (QED) is 0.843. The monoisotopic (exact) mass is 286 g/mol. The average molecular weight is 286 g/mol. The Hall–Kier alpha value is -1.02. The topological polar surface area (TPSA) is 58.6 Å². The first-order valence-corrected chi connectivity index (χ1v) is 7.61. The highest BCUT2D eigenvalue weighted by molar-refractivity contribution is 7.89. The van der Waals surface area contributed by atoms with Gasteiger partial charge in [0.2, 0.25) is 10.0 Å². The Labute approximate surface area is 111 Å². The van der Waals surface area contributed by atoms with Crippen LogP contribution in [0, 0.1) is 5.82 Å². The Balaban J connectivity index is 1.86. The fourth-order valence-corrected chi connectivity index (χ4v) is 3.97. The van der Waals surface area contributed by atoms with Crippen LogP contribution < -0.4 is 5.32 Å². The number of nitrogens with zero attached hydrogens (tertiary/aromatic N) is 1. The molecule has 3 rings (SSSR count). The van der Waals surface area contributed by atoms with Gasteiger partial charge in [0, 0.05) is 26.2 Å². The Morgan fingerprint density at radius 1 is 1.16 bits per heavy atom. The van der Waals surface area contributed by atoms with E-state index in [9.17, 15) is 12.8 Å². The molecule has 2 fully saturated rings. The first-order valence-electron chi connectivity index (χ1n) is 6.17. The maximum absolute atomic E-state index is 12.9. The van der Waals surface area contributed by atoms with Crippen molar-refractivity contribution in [2.75, 3.05) is 26.2 Å². The smallest absolute Gasteiger partial charge is 0.243 e. The number of hydrogen-bond acceptors (Lipinski definition) is 4. The zero-order chi connectivity index (χ0) is 13.5. The van der Waals surface area contributed by atoms with Crippen LogP contribution in [0.4, 0.5) is 4.39 Å². The Morgan fingerprint density at radius 2 is 1.74 bits per heavy atom. The fourth-order valence-electron chi connectivity index (χ4n) is 2.47. The summed E-state index contributed by atoms with van der Waals surface area (Å²) in [4.78, 5) is 0.127. The molecule has 0 radical (unpaired) electrons. The zero-order valence-corrected chi connectivity index (χ0v) is 11.1. The lowest BCUT2D eigenvalue weighted by Gasteiger charge is -2.41. The van der Waals surface area contributed by atoms with Gasteiger partial charge in [0.05, 0.1) is 17.1 Å². The van der Waals surface area contributed by atoms with Crippen LogP contribution >= 0.6 is 0 Å². The van der Waals surface area contributed by atoms with Crippen molar-refractivity contribution in [1.82, 2.24) is 9.62 Å². The molecule has 0 spiro atoms. The lowest BCUT2D eigenvalue weighted by Crippen LogP contribution is -2.59. The fraction of sp³-hybridized carbons (Fsp3) is 0.500. The SMILES string of the molecule is O=S(=O)(c1ccc(F)cc1)N1C[C@H]2CNC[C@H](C1)O2. The molecule has 5 nitrogen and oxygen atoms in total. The van der Waals surface area contributed by atoms with E-state index in [1.807, 2.05) is 0 Å². The van der Waals surface area contributed by atoms with Crippen LogP contribution in [0.1, 0.15) is 0 Å². The van der Waals surface area contributed by atoms with Crippen LogP contribution in [0.25, 0.3) is 0 Å². The Bertz CT molecular complexity index is 549. The van der Waals surface area contributed by atoms with E-state index < -0.39 is 15.8 Å². The van der Waals surface area contributed by atoms with E-state index in [0.717, 1.165) is 12.1 Å². The summed E-state index contributed by atoms with van der Waals surface area (Å²) in [5.41, 5.74) is 0. The molecule has 2 aliphatic heterocycles. The normalized spacial score (nSPS) is 28.3. The molecule has 1 aromatic carbocycles. The van der Waals surface area contributed by atoms with Crippen LogP contribution in [-0.4, -0.2) is 51.1 Å². The van der Waals surface area contributed by atoms with Gasteiger partial charge in [-0.1, -0.05) is 0 Å². The lowest BCUT2D eigenvalue weighted by atomic mass is 10.2. The van der Waals surface area contributed by atoms with Crippen LogP contribution in [0.15, 0.2) is 29.2 Å². The summed E-state index contributed by atoms with van der Waals surface area (Å²) in [6.45, 7) is 1.99. The second kappa shape index (κ2) is 4.82. The minimum atomic E-state index is -3.56. The first-order chi connectivity index (χ1) is 9.05. The third kappa shape index (κ3) is 2.51. The summed E-state index contributed by atoms with van der Waals surface area (Å²) in [5.74, 6) is -0.443. The van der Waals surface area contributed by atoms with E-state index in [4.69, 9.17) is 4.74 Å². The molecule has 2 aliphatic rings. The molecule has 0 unspecified atom stereocenters. The summed E-state index contributed by atoms with van der Waals surface area (Å²) < 4.78 is 44.9. The number of fused-ring (bicyclic) bond motifs is 2. The predicted octanol–water partition coefficient (Wildman–Crippen LogP) is 0.187. The Morgan fingerprint density at radius 3 is 2.32 bits per heavy atom. The highest BCUT2D eigenvalue weighted by Crippen LogP contribution is 2.22. The molecule has 1 aromatic rings. The van der Waals surface area contributed by atoms with Crippen molar-refractivity contribution in [3.8, 4) is 0 Å². The number of morpholine rings is 2. The van der Waals surface area contributed by atoms with Crippen molar-refractivity contribution >= 4 is 10.0 Å². The van der Waals surface area contributed by atoms with Crippen LogP contribution in [0.5, 0.6) is 0 Å². The third-order valence-electron chi connectivity index (χ3n) is 3.39. The maximum atomic E-state index is 12.9. The number of ether oxygens (including phenoxy) is 1. The number of hydrogen-bond donors (Lipinski definition) is 1.